The first-order valence-electron chi connectivity index (χ1n) is 5.40. The lowest BCUT2D eigenvalue weighted by molar-refractivity contribution is 1.13. The van der Waals surface area contributed by atoms with E-state index in [1.165, 1.54) is 17.1 Å². The molecular formula is C13H10ClN3S. The Morgan fingerprint density at radius 2 is 2.00 bits per heavy atom. The minimum Gasteiger partial charge on any atom is -0.397 e. The standard InChI is InChI=1S/C13H10ClN3S/c14-11-6-5-9(15)13(17-11)18-12-7-8-3-1-2-4-10(8)16-12/h1-7,16H,15H2. The van der Waals surface area contributed by atoms with E-state index in [4.69, 9.17) is 17.3 Å². The molecule has 0 aliphatic carbocycles. The predicted molar refractivity (Wildman–Crippen MR) is 76.1 cm³/mol. The van der Waals surface area contributed by atoms with Gasteiger partial charge in [0.2, 0.25) is 0 Å². The number of pyridine rings is 1. The second-order valence-electron chi connectivity index (χ2n) is 3.85. The van der Waals surface area contributed by atoms with E-state index < -0.39 is 0 Å². The van der Waals surface area contributed by atoms with Gasteiger partial charge >= 0.3 is 0 Å². The van der Waals surface area contributed by atoms with Crippen LogP contribution in [0.15, 0.2) is 52.5 Å². The van der Waals surface area contributed by atoms with Crippen LogP contribution in [0.1, 0.15) is 0 Å². The van der Waals surface area contributed by atoms with E-state index in [0.717, 1.165) is 10.5 Å². The zero-order chi connectivity index (χ0) is 12.5. The van der Waals surface area contributed by atoms with Crippen LogP contribution >= 0.6 is 23.4 Å². The molecule has 0 atom stereocenters. The topological polar surface area (TPSA) is 54.7 Å². The molecule has 3 N–H and O–H groups in total. The first-order valence-corrected chi connectivity index (χ1v) is 6.59. The van der Waals surface area contributed by atoms with Crippen molar-refractivity contribution in [3.63, 3.8) is 0 Å². The average Bonchev–Trinajstić information content (AvgIpc) is 2.76. The first kappa shape index (κ1) is 11.4. The lowest BCUT2D eigenvalue weighted by Gasteiger charge is -2.02. The molecule has 18 heavy (non-hydrogen) atoms. The molecule has 0 unspecified atom stereocenters. The van der Waals surface area contributed by atoms with Crippen LogP contribution in [-0.4, -0.2) is 9.97 Å². The SMILES string of the molecule is Nc1ccc(Cl)nc1Sc1cc2ccccc2[nH]1. The smallest absolute Gasteiger partial charge is 0.130 e. The second-order valence-corrected chi connectivity index (χ2v) is 5.27. The van der Waals surface area contributed by atoms with Crippen LogP contribution < -0.4 is 5.73 Å². The van der Waals surface area contributed by atoms with E-state index in [9.17, 15) is 0 Å². The van der Waals surface area contributed by atoms with Crippen molar-refractivity contribution in [3.8, 4) is 0 Å². The van der Waals surface area contributed by atoms with Gasteiger partial charge in [0.05, 0.1) is 10.7 Å². The molecule has 1 aromatic carbocycles. The monoisotopic (exact) mass is 275 g/mol. The molecule has 0 spiro atoms. The van der Waals surface area contributed by atoms with Gasteiger partial charge in [0.1, 0.15) is 10.2 Å². The molecule has 0 aliphatic heterocycles. The molecule has 2 heterocycles. The molecule has 5 heteroatoms. The molecule has 90 valence electrons. The van der Waals surface area contributed by atoms with E-state index >= 15 is 0 Å². The highest BCUT2D eigenvalue weighted by Crippen LogP contribution is 2.32. The van der Waals surface area contributed by atoms with Crippen LogP contribution in [0.25, 0.3) is 10.9 Å². The van der Waals surface area contributed by atoms with Gasteiger partial charge in [0, 0.05) is 10.9 Å². The zero-order valence-corrected chi connectivity index (χ0v) is 10.9. The molecule has 0 saturated heterocycles. The van der Waals surface area contributed by atoms with Crippen molar-refractivity contribution in [2.75, 3.05) is 5.73 Å². The summed E-state index contributed by atoms with van der Waals surface area (Å²) in [5.74, 6) is 0. The Morgan fingerprint density at radius 1 is 1.17 bits per heavy atom. The number of aromatic nitrogens is 2. The van der Waals surface area contributed by atoms with E-state index in [0.29, 0.717) is 15.9 Å². The summed E-state index contributed by atoms with van der Waals surface area (Å²) < 4.78 is 0. The van der Waals surface area contributed by atoms with Crippen LogP contribution in [0.3, 0.4) is 0 Å². The molecule has 0 saturated carbocycles. The van der Waals surface area contributed by atoms with Gasteiger partial charge in [-0.3, -0.25) is 0 Å². The van der Waals surface area contributed by atoms with Crippen LogP contribution in [0.4, 0.5) is 5.69 Å². The number of hydrogen-bond donors (Lipinski definition) is 2. The largest absolute Gasteiger partial charge is 0.397 e. The number of rotatable bonds is 2. The Kier molecular flexibility index (Phi) is 2.89. The maximum Gasteiger partial charge on any atom is 0.130 e. The fraction of sp³-hybridized carbons (Fsp3) is 0. The van der Waals surface area contributed by atoms with Crippen LogP contribution in [0.2, 0.25) is 5.15 Å². The summed E-state index contributed by atoms with van der Waals surface area (Å²) in [4.78, 5) is 7.54. The second kappa shape index (κ2) is 4.55. The third kappa shape index (κ3) is 2.17. The summed E-state index contributed by atoms with van der Waals surface area (Å²) >= 11 is 7.35. The van der Waals surface area contributed by atoms with E-state index in [1.54, 1.807) is 12.1 Å². The fourth-order valence-corrected chi connectivity index (χ4v) is 2.80. The lowest BCUT2D eigenvalue weighted by Crippen LogP contribution is -1.91. The number of nitrogens with zero attached hydrogens (tertiary/aromatic N) is 1. The quantitative estimate of drug-likeness (QED) is 0.696. The van der Waals surface area contributed by atoms with Gasteiger partial charge in [-0.1, -0.05) is 41.6 Å². The van der Waals surface area contributed by atoms with Gasteiger partial charge < -0.3 is 10.7 Å². The van der Waals surface area contributed by atoms with Gasteiger partial charge in [0.15, 0.2) is 0 Å². The Bertz CT molecular complexity index is 675. The molecule has 0 bridgehead atoms. The molecule has 2 aromatic heterocycles. The van der Waals surface area contributed by atoms with Crippen molar-refractivity contribution in [3.05, 3.63) is 47.6 Å². The number of nitrogen functional groups attached to an aromatic ring is 1. The number of nitrogens with two attached hydrogens (primary N) is 1. The van der Waals surface area contributed by atoms with E-state index in [2.05, 4.69) is 22.1 Å². The Balaban J connectivity index is 1.98. The van der Waals surface area contributed by atoms with Gasteiger partial charge in [0.25, 0.3) is 0 Å². The summed E-state index contributed by atoms with van der Waals surface area (Å²) in [5, 5.41) is 3.33. The zero-order valence-electron chi connectivity index (χ0n) is 9.35. The number of halogens is 1. The maximum atomic E-state index is 5.88. The van der Waals surface area contributed by atoms with Crippen molar-refractivity contribution in [2.24, 2.45) is 0 Å². The molecule has 0 radical (unpaired) electrons. The van der Waals surface area contributed by atoms with Gasteiger partial charge in [-0.05, 0) is 24.3 Å². The van der Waals surface area contributed by atoms with Crippen molar-refractivity contribution >= 4 is 40.0 Å². The van der Waals surface area contributed by atoms with Crippen LogP contribution in [0, 0.1) is 0 Å². The average molecular weight is 276 g/mol. The van der Waals surface area contributed by atoms with E-state index in [1.807, 2.05) is 18.2 Å². The fourth-order valence-electron chi connectivity index (χ4n) is 1.72. The Labute approximate surface area is 113 Å². The number of anilines is 1. The molecule has 3 rings (SSSR count). The van der Waals surface area contributed by atoms with Crippen molar-refractivity contribution in [1.29, 1.82) is 0 Å². The lowest BCUT2D eigenvalue weighted by atomic mass is 10.3. The number of para-hydroxylation sites is 1. The van der Waals surface area contributed by atoms with Gasteiger partial charge in [-0.25, -0.2) is 4.98 Å². The molecule has 0 aliphatic rings. The highest BCUT2D eigenvalue weighted by Gasteiger charge is 2.07. The number of H-pyrrole nitrogens is 1. The summed E-state index contributed by atoms with van der Waals surface area (Å²) in [7, 11) is 0. The molecule has 3 nitrogen and oxygen atoms in total. The summed E-state index contributed by atoms with van der Waals surface area (Å²) in [5.41, 5.74) is 7.60. The molecule has 3 aromatic rings. The van der Waals surface area contributed by atoms with Gasteiger partial charge in [-0.2, -0.15) is 0 Å². The normalized spacial score (nSPS) is 10.9. The van der Waals surface area contributed by atoms with Crippen molar-refractivity contribution in [2.45, 2.75) is 10.1 Å². The summed E-state index contributed by atoms with van der Waals surface area (Å²) in [6, 6.07) is 13.6. The molecule has 0 amide bonds. The third-order valence-electron chi connectivity index (χ3n) is 2.57. The Morgan fingerprint density at radius 3 is 2.83 bits per heavy atom. The summed E-state index contributed by atoms with van der Waals surface area (Å²) in [6.07, 6.45) is 0. The van der Waals surface area contributed by atoms with Crippen molar-refractivity contribution < 1.29 is 0 Å². The van der Waals surface area contributed by atoms with Crippen LogP contribution in [0.5, 0.6) is 0 Å². The highest BCUT2D eigenvalue weighted by atomic mass is 35.5. The summed E-state index contributed by atoms with van der Waals surface area (Å²) in [6.45, 7) is 0. The Hall–Kier alpha value is -1.65. The maximum absolute atomic E-state index is 5.88. The highest BCUT2D eigenvalue weighted by molar-refractivity contribution is 7.99. The first-order chi connectivity index (χ1) is 8.72. The minimum absolute atomic E-state index is 0.447. The number of aromatic amines is 1. The minimum atomic E-state index is 0.447. The van der Waals surface area contributed by atoms with Crippen LogP contribution in [-0.2, 0) is 0 Å². The number of benzene rings is 1. The van der Waals surface area contributed by atoms with E-state index in [-0.39, 0.29) is 0 Å². The van der Waals surface area contributed by atoms with Gasteiger partial charge in [-0.15, -0.1) is 0 Å². The molecule has 0 fully saturated rings. The molecular weight excluding hydrogens is 266 g/mol. The third-order valence-corrected chi connectivity index (χ3v) is 3.74. The number of nitrogens with one attached hydrogen (secondary N) is 1. The van der Waals surface area contributed by atoms with Crippen molar-refractivity contribution in [1.82, 2.24) is 9.97 Å². The number of hydrogen-bond acceptors (Lipinski definition) is 3. The predicted octanol–water partition coefficient (Wildman–Crippen LogP) is 3.95. The number of fused-ring (bicyclic) bond motifs is 1.